The molecule has 0 spiro atoms. The van der Waals surface area contributed by atoms with Crippen molar-refractivity contribution in [3.8, 4) is 0 Å². The third-order valence-electron chi connectivity index (χ3n) is 2.94. The number of fused-ring (bicyclic) bond motifs is 1. The maximum Gasteiger partial charge on any atom is 0.141 e. The highest BCUT2D eigenvalue weighted by atomic mass is 79.9. The van der Waals surface area contributed by atoms with Gasteiger partial charge in [-0.3, -0.25) is 0 Å². The number of hydrogen-bond acceptors (Lipinski definition) is 2. The van der Waals surface area contributed by atoms with E-state index in [9.17, 15) is 4.39 Å². The molecular weight excluding hydrogens is 297 g/mol. The second-order valence-electron chi connectivity index (χ2n) is 4.66. The predicted octanol–water partition coefficient (Wildman–Crippen LogP) is 4.39. The van der Waals surface area contributed by atoms with Crippen LogP contribution in [0.4, 0.5) is 4.39 Å². The van der Waals surface area contributed by atoms with Crippen molar-refractivity contribution in [3.63, 3.8) is 0 Å². The Morgan fingerprint density at radius 3 is 2.72 bits per heavy atom. The van der Waals surface area contributed by atoms with Crippen LogP contribution in [0, 0.1) is 5.82 Å². The summed E-state index contributed by atoms with van der Waals surface area (Å²) in [4.78, 5) is 0. The fourth-order valence-corrected chi connectivity index (χ4v) is 2.36. The second kappa shape index (κ2) is 5.41. The molecule has 0 saturated carbocycles. The largest absolute Gasteiger partial charge is 0.459 e. The predicted molar refractivity (Wildman–Crippen MR) is 75.2 cm³/mol. The molecule has 2 aromatic rings. The first-order valence-electron chi connectivity index (χ1n) is 6.15. The fraction of sp³-hybridized carbons (Fsp3) is 0.429. The first-order chi connectivity index (χ1) is 8.52. The molecule has 0 aliphatic carbocycles. The number of furan rings is 1. The van der Waals surface area contributed by atoms with Gasteiger partial charge < -0.3 is 9.73 Å². The van der Waals surface area contributed by atoms with E-state index in [1.54, 1.807) is 6.07 Å². The molecule has 0 saturated heterocycles. The Hall–Kier alpha value is -0.870. The van der Waals surface area contributed by atoms with Gasteiger partial charge in [-0.05, 0) is 28.4 Å². The summed E-state index contributed by atoms with van der Waals surface area (Å²) in [5, 5.41) is 4.32. The van der Waals surface area contributed by atoms with Crippen molar-refractivity contribution in [2.24, 2.45) is 0 Å². The molecule has 1 heterocycles. The van der Waals surface area contributed by atoms with Crippen molar-refractivity contribution < 1.29 is 8.81 Å². The second-order valence-corrected chi connectivity index (χ2v) is 5.51. The van der Waals surface area contributed by atoms with Gasteiger partial charge in [-0.15, -0.1) is 0 Å². The van der Waals surface area contributed by atoms with Crippen molar-refractivity contribution in [1.82, 2.24) is 5.32 Å². The van der Waals surface area contributed by atoms with Gasteiger partial charge in [0.25, 0.3) is 0 Å². The van der Waals surface area contributed by atoms with E-state index >= 15 is 0 Å². The molecule has 0 bridgehead atoms. The zero-order chi connectivity index (χ0) is 13.3. The van der Waals surface area contributed by atoms with Crippen LogP contribution in [-0.2, 0) is 13.0 Å². The van der Waals surface area contributed by atoms with Crippen LogP contribution in [0.25, 0.3) is 11.0 Å². The Bertz CT molecular complexity index is 562. The average molecular weight is 314 g/mol. The highest BCUT2D eigenvalue weighted by Gasteiger charge is 2.15. The van der Waals surface area contributed by atoms with E-state index in [2.05, 4.69) is 42.0 Å². The van der Waals surface area contributed by atoms with Crippen molar-refractivity contribution in [2.75, 3.05) is 0 Å². The maximum atomic E-state index is 13.5. The highest BCUT2D eigenvalue weighted by Crippen LogP contribution is 2.30. The SMILES string of the molecule is CCc1c(CNC(C)C)oc2cc(F)c(Br)cc12. The minimum atomic E-state index is -0.290. The van der Waals surface area contributed by atoms with Crippen molar-refractivity contribution in [2.45, 2.75) is 39.8 Å². The lowest BCUT2D eigenvalue weighted by molar-refractivity contribution is 0.482. The molecule has 1 N–H and O–H groups in total. The van der Waals surface area contributed by atoms with Gasteiger partial charge in [0.1, 0.15) is 17.2 Å². The van der Waals surface area contributed by atoms with Crippen molar-refractivity contribution >= 4 is 26.9 Å². The number of nitrogens with one attached hydrogen (secondary N) is 1. The molecule has 18 heavy (non-hydrogen) atoms. The zero-order valence-electron chi connectivity index (χ0n) is 10.8. The van der Waals surface area contributed by atoms with Crippen LogP contribution in [0.5, 0.6) is 0 Å². The van der Waals surface area contributed by atoms with Crippen LogP contribution < -0.4 is 5.32 Å². The fourth-order valence-electron chi connectivity index (χ4n) is 2.02. The van der Waals surface area contributed by atoms with Gasteiger partial charge >= 0.3 is 0 Å². The molecule has 98 valence electrons. The van der Waals surface area contributed by atoms with E-state index in [1.165, 1.54) is 6.07 Å². The average Bonchev–Trinajstić information content (AvgIpc) is 2.64. The van der Waals surface area contributed by atoms with Crippen LogP contribution >= 0.6 is 15.9 Å². The standard InChI is InChI=1S/C14H17BrFNO/c1-4-9-10-5-11(15)12(16)6-13(10)18-14(9)7-17-8(2)3/h5-6,8,17H,4,7H2,1-3H3. The van der Waals surface area contributed by atoms with E-state index in [1.807, 2.05) is 0 Å². The minimum absolute atomic E-state index is 0.290. The first-order valence-corrected chi connectivity index (χ1v) is 6.95. The van der Waals surface area contributed by atoms with Gasteiger partial charge in [-0.2, -0.15) is 0 Å². The summed E-state index contributed by atoms with van der Waals surface area (Å²) >= 11 is 3.22. The Kier molecular flexibility index (Phi) is 4.07. The smallest absolute Gasteiger partial charge is 0.141 e. The summed E-state index contributed by atoms with van der Waals surface area (Å²) in [5.74, 6) is 0.612. The van der Waals surface area contributed by atoms with E-state index in [0.29, 0.717) is 22.6 Å². The highest BCUT2D eigenvalue weighted by molar-refractivity contribution is 9.10. The number of halogens is 2. The molecule has 1 aromatic heterocycles. The number of aryl methyl sites for hydroxylation is 1. The number of hydrogen-bond donors (Lipinski definition) is 1. The minimum Gasteiger partial charge on any atom is -0.459 e. The normalized spacial score (nSPS) is 11.7. The van der Waals surface area contributed by atoms with Crippen LogP contribution in [0.2, 0.25) is 0 Å². The summed E-state index contributed by atoms with van der Waals surface area (Å²) < 4.78 is 19.7. The summed E-state index contributed by atoms with van der Waals surface area (Å²) in [7, 11) is 0. The Labute approximate surface area is 115 Å². The lowest BCUT2D eigenvalue weighted by Crippen LogP contribution is -2.22. The molecule has 0 aliphatic heterocycles. The Balaban J connectivity index is 2.47. The molecule has 0 aliphatic rings. The third-order valence-corrected chi connectivity index (χ3v) is 3.55. The number of benzene rings is 1. The van der Waals surface area contributed by atoms with E-state index in [-0.39, 0.29) is 5.82 Å². The van der Waals surface area contributed by atoms with Gasteiger partial charge in [0.05, 0.1) is 11.0 Å². The molecule has 2 rings (SSSR count). The molecule has 1 aromatic carbocycles. The van der Waals surface area contributed by atoms with E-state index in [0.717, 1.165) is 23.1 Å². The summed E-state index contributed by atoms with van der Waals surface area (Å²) in [6.45, 7) is 6.93. The van der Waals surface area contributed by atoms with Crippen LogP contribution in [0.15, 0.2) is 21.0 Å². The van der Waals surface area contributed by atoms with Gasteiger partial charge in [-0.25, -0.2) is 4.39 Å². The first kappa shape index (κ1) is 13.6. The Morgan fingerprint density at radius 1 is 1.39 bits per heavy atom. The molecule has 4 heteroatoms. The maximum absolute atomic E-state index is 13.5. The number of rotatable bonds is 4. The van der Waals surface area contributed by atoms with Crippen molar-refractivity contribution in [1.29, 1.82) is 0 Å². The third kappa shape index (κ3) is 2.59. The topological polar surface area (TPSA) is 25.2 Å². The zero-order valence-corrected chi connectivity index (χ0v) is 12.4. The van der Waals surface area contributed by atoms with E-state index in [4.69, 9.17) is 4.42 Å². The van der Waals surface area contributed by atoms with Crippen LogP contribution in [-0.4, -0.2) is 6.04 Å². The van der Waals surface area contributed by atoms with Gasteiger partial charge in [0, 0.05) is 23.1 Å². The van der Waals surface area contributed by atoms with Gasteiger partial charge in [0.15, 0.2) is 0 Å². The van der Waals surface area contributed by atoms with Crippen molar-refractivity contribution in [3.05, 3.63) is 33.7 Å². The summed E-state index contributed by atoms with van der Waals surface area (Å²) in [5.41, 5.74) is 1.77. The molecule has 0 unspecified atom stereocenters. The molecule has 0 radical (unpaired) electrons. The summed E-state index contributed by atoms with van der Waals surface area (Å²) in [6, 6.07) is 3.63. The molecular formula is C14H17BrFNO. The monoisotopic (exact) mass is 313 g/mol. The molecule has 0 fully saturated rings. The van der Waals surface area contributed by atoms with Crippen LogP contribution in [0.1, 0.15) is 32.1 Å². The van der Waals surface area contributed by atoms with Crippen LogP contribution in [0.3, 0.4) is 0 Å². The van der Waals surface area contributed by atoms with E-state index < -0.39 is 0 Å². The lowest BCUT2D eigenvalue weighted by Gasteiger charge is -2.06. The molecule has 0 atom stereocenters. The quantitative estimate of drug-likeness (QED) is 0.905. The lowest BCUT2D eigenvalue weighted by atomic mass is 10.1. The van der Waals surface area contributed by atoms with Gasteiger partial charge in [-0.1, -0.05) is 20.8 Å². The van der Waals surface area contributed by atoms with Gasteiger partial charge in [0.2, 0.25) is 0 Å². The molecule has 2 nitrogen and oxygen atoms in total. The summed E-state index contributed by atoms with van der Waals surface area (Å²) in [6.07, 6.45) is 0.875. The Morgan fingerprint density at radius 2 is 2.11 bits per heavy atom. The molecule has 0 amide bonds.